The van der Waals surface area contributed by atoms with Gasteiger partial charge in [0, 0.05) is 12.3 Å². The van der Waals surface area contributed by atoms with Gasteiger partial charge in [0.1, 0.15) is 17.2 Å². The van der Waals surface area contributed by atoms with E-state index < -0.39 is 0 Å². The maximum atomic E-state index is 11.2. The number of H-pyrrole nitrogens is 1. The lowest BCUT2D eigenvalue weighted by Gasteiger charge is -2.00. The first-order chi connectivity index (χ1) is 8.24. The van der Waals surface area contributed by atoms with E-state index >= 15 is 0 Å². The average molecular weight is 227 g/mol. The summed E-state index contributed by atoms with van der Waals surface area (Å²) >= 11 is 0. The van der Waals surface area contributed by atoms with E-state index in [9.17, 15) is 4.79 Å². The number of nitrogen functional groups attached to an aromatic ring is 1. The number of nitrogens with two attached hydrogens (primary N) is 1. The average Bonchev–Trinajstić information content (AvgIpc) is 2.71. The number of nitrogens with zero attached hydrogens (tertiary/aromatic N) is 3. The van der Waals surface area contributed by atoms with E-state index in [1.54, 1.807) is 16.8 Å². The molecule has 0 aliphatic heterocycles. The molecule has 3 heterocycles. The van der Waals surface area contributed by atoms with E-state index in [4.69, 9.17) is 5.73 Å². The first kappa shape index (κ1) is 9.59. The summed E-state index contributed by atoms with van der Waals surface area (Å²) in [7, 11) is 0. The third-order valence-corrected chi connectivity index (χ3v) is 2.43. The van der Waals surface area contributed by atoms with Gasteiger partial charge in [-0.2, -0.15) is 5.10 Å². The molecule has 0 radical (unpaired) electrons. The molecule has 0 aliphatic rings. The predicted molar refractivity (Wildman–Crippen MR) is 63.5 cm³/mol. The molecule has 0 spiro atoms. The highest BCUT2D eigenvalue weighted by Gasteiger charge is 2.07. The Kier molecular flexibility index (Phi) is 1.94. The summed E-state index contributed by atoms with van der Waals surface area (Å²) in [5.74, 6) is 0.442. The summed E-state index contributed by atoms with van der Waals surface area (Å²) in [6, 6.07) is 6.84. The molecule has 17 heavy (non-hydrogen) atoms. The van der Waals surface area contributed by atoms with Crippen LogP contribution in [0.15, 0.2) is 41.5 Å². The Morgan fingerprint density at radius 3 is 3.06 bits per heavy atom. The molecule has 0 aromatic carbocycles. The van der Waals surface area contributed by atoms with Gasteiger partial charge in [-0.1, -0.05) is 6.07 Å². The molecule has 0 amide bonds. The number of imidazole rings is 1. The van der Waals surface area contributed by atoms with Crippen molar-refractivity contribution in [2.75, 3.05) is 5.73 Å². The molecule has 6 nitrogen and oxygen atoms in total. The van der Waals surface area contributed by atoms with Gasteiger partial charge in [-0.05, 0) is 12.1 Å². The van der Waals surface area contributed by atoms with Gasteiger partial charge in [0.05, 0.1) is 11.9 Å². The van der Waals surface area contributed by atoms with E-state index in [1.807, 2.05) is 12.1 Å². The number of pyridine rings is 1. The predicted octanol–water partition coefficient (Wildman–Crippen LogP) is 0.667. The lowest BCUT2D eigenvalue weighted by Crippen LogP contribution is -2.04. The van der Waals surface area contributed by atoms with Crippen LogP contribution in [0.3, 0.4) is 0 Å². The van der Waals surface area contributed by atoms with Crippen LogP contribution in [-0.2, 0) is 0 Å². The van der Waals surface area contributed by atoms with Gasteiger partial charge < -0.3 is 10.7 Å². The maximum Gasteiger partial charge on any atom is 0.202 e. The fourth-order valence-corrected chi connectivity index (χ4v) is 1.68. The van der Waals surface area contributed by atoms with Gasteiger partial charge in [-0.25, -0.2) is 9.50 Å². The SMILES string of the molecule is Nc1cccc(-c2c[nH]c3cc(=O)cnn23)n1. The molecule has 3 aromatic heterocycles. The molecule has 3 rings (SSSR count). The summed E-state index contributed by atoms with van der Waals surface area (Å²) < 4.78 is 1.61. The number of nitrogens with one attached hydrogen (secondary N) is 1. The molecule has 0 atom stereocenters. The van der Waals surface area contributed by atoms with Crippen LogP contribution in [0.4, 0.5) is 5.82 Å². The van der Waals surface area contributed by atoms with Crippen LogP contribution in [0.1, 0.15) is 0 Å². The molecule has 0 saturated carbocycles. The summed E-state index contributed by atoms with van der Waals surface area (Å²) in [6.45, 7) is 0. The fourth-order valence-electron chi connectivity index (χ4n) is 1.68. The Hall–Kier alpha value is -2.63. The minimum Gasteiger partial charge on any atom is -0.384 e. The van der Waals surface area contributed by atoms with E-state index in [0.29, 0.717) is 17.2 Å². The molecule has 3 aromatic rings. The quantitative estimate of drug-likeness (QED) is 0.639. The van der Waals surface area contributed by atoms with Crippen LogP contribution in [0.5, 0.6) is 0 Å². The van der Waals surface area contributed by atoms with Crippen LogP contribution >= 0.6 is 0 Å². The summed E-state index contributed by atoms with van der Waals surface area (Å²) in [5, 5.41) is 4.04. The minimum absolute atomic E-state index is 0.140. The third kappa shape index (κ3) is 1.55. The zero-order valence-electron chi connectivity index (χ0n) is 8.79. The van der Waals surface area contributed by atoms with Crippen LogP contribution in [0.25, 0.3) is 17.0 Å². The van der Waals surface area contributed by atoms with E-state index in [1.165, 1.54) is 12.3 Å². The monoisotopic (exact) mass is 227 g/mol. The van der Waals surface area contributed by atoms with Gasteiger partial charge in [0.15, 0.2) is 0 Å². The van der Waals surface area contributed by atoms with Crippen LogP contribution in [-0.4, -0.2) is 19.6 Å². The van der Waals surface area contributed by atoms with Gasteiger partial charge in [-0.15, -0.1) is 0 Å². The Morgan fingerprint density at radius 2 is 2.24 bits per heavy atom. The highest BCUT2D eigenvalue weighted by Crippen LogP contribution is 2.17. The highest BCUT2D eigenvalue weighted by molar-refractivity contribution is 5.60. The Morgan fingerprint density at radius 1 is 1.35 bits per heavy atom. The van der Waals surface area contributed by atoms with Crippen molar-refractivity contribution in [3.05, 3.63) is 46.9 Å². The van der Waals surface area contributed by atoms with Crippen molar-refractivity contribution in [1.29, 1.82) is 0 Å². The Bertz CT molecular complexity index is 743. The number of hydrogen-bond donors (Lipinski definition) is 2. The molecule has 3 N–H and O–H groups in total. The molecule has 0 bridgehead atoms. The molecule has 0 aliphatic carbocycles. The summed E-state index contributed by atoms with van der Waals surface area (Å²) in [5.41, 5.74) is 7.57. The van der Waals surface area contributed by atoms with Crippen molar-refractivity contribution in [1.82, 2.24) is 19.6 Å². The van der Waals surface area contributed by atoms with Crippen LogP contribution in [0, 0.1) is 0 Å². The van der Waals surface area contributed by atoms with Gasteiger partial charge in [-0.3, -0.25) is 4.79 Å². The van der Waals surface area contributed by atoms with Crippen LogP contribution < -0.4 is 11.2 Å². The first-order valence-corrected chi connectivity index (χ1v) is 5.03. The van der Waals surface area contributed by atoms with Crippen molar-refractivity contribution >= 4 is 11.5 Å². The first-order valence-electron chi connectivity index (χ1n) is 5.03. The van der Waals surface area contributed by atoms with Crippen LogP contribution in [0.2, 0.25) is 0 Å². The second-order valence-electron chi connectivity index (χ2n) is 3.61. The Balaban J connectivity index is 2.28. The van der Waals surface area contributed by atoms with Gasteiger partial charge >= 0.3 is 0 Å². The topological polar surface area (TPSA) is 89.1 Å². The molecule has 0 unspecified atom stereocenters. The summed E-state index contributed by atoms with van der Waals surface area (Å²) in [4.78, 5) is 18.3. The number of aromatic amines is 1. The molecule has 84 valence electrons. The van der Waals surface area contributed by atoms with E-state index in [2.05, 4.69) is 15.1 Å². The number of rotatable bonds is 1. The number of fused-ring (bicyclic) bond motifs is 1. The summed E-state index contributed by atoms with van der Waals surface area (Å²) in [6.07, 6.45) is 3.00. The van der Waals surface area contributed by atoms with Crippen molar-refractivity contribution < 1.29 is 0 Å². The minimum atomic E-state index is -0.140. The molecular formula is C11H9N5O. The lowest BCUT2D eigenvalue weighted by molar-refractivity contribution is 0.930. The number of anilines is 1. The van der Waals surface area contributed by atoms with Crippen molar-refractivity contribution in [2.45, 2.75) is 0 Å². The zero-order chi connectivity index (χ0) is 11.8. The van der Waals surface area contributed by atoms with Crippen molar-refractivity contribution in [2.24, 2.45) is 0 Å². The molecule has 0 fully saturated rings. The van der Waals surface area contributed by atoms with Crippen molar-refractivity contribution in [3.8, 4) is 11.4 Å². The molecule has 0 saturated heterocycles. The Labute approximate surface area is 95.7 Å². The number of aromatic nitrogens is 4. The molecule has 6 heteroatoms. The van der Waals surface area contributed by atoms with Gasteiger partial charge in [0.25, 0.3) is 0 Å². The lowest BCUT2D eigenvalue weighted by atomic mass is 10.3. The molecular weight excluding hydrogens is 218 g/mol. The highest BCUT2D eigenvalue weighted by atomic mass is 16.1. The smallest absolute Gasteiger partial charge is 0.202 e. The fraction of sp³-hybridized carbons (Fsp3) is 0. The van der Waals surface area contributed by atoms with E-state index in [0.717, 1.165) is 5.69 Å². The van der Waals surface area contributed by atoms with Gasteiger partial charge in [0.2, 0.25) is 5.43 Å². The standard InChI is InChI=1S/C11H9N5O/c12-10-3-1-2-8(15-10)9-6-13-11-4-7(17)5-14-16(9)11/h1-6,13H,(H2,12,15). The largest absolute Gasteiger partial charge is 0.384 e. The third-order valence-electron chi connectivity index (χ3n) is 2.43. The normalized spacial score (nSPS) is 10.8. The zero-order valence-corrected chi connectivity index (χ0v) is 8.79. The second-order valence-corrected chi connectivity index (χ2v) is 3.61. The second kappa shape index (κ2) is 3.44. The van der Waals surface area contributed by atoms with Crippen molar-refractivity contribution in [3.63, 3.8) is 0 Å². The maximum absolute atomic E-state index is 11.2. The van der Waals surface area contributed by atoms with E-state index in [-0.39, 0.29) is 5.43 Å². The number of hydrogen-bond acceptors (Lipinski definition) is 4.